The SMILES string of the molecule is O=C1C(=O)N(c2ccccn2)[C@H](c2ccc(F)cc2)/C1=C(\O)c1ccc([N+](=O)[O-])cc1. The smallest absolute Gasteiger partial charge is 0.301 e. The van der Waals surface area contributed by atoms with E-state index in [2.05, 4.69) is 4.98 Å². The normalized spacial score (nSPS) is 17.7. The highest BCUT2D eigenvalue weighted by Crippen LogP contribution is 2.41. The Kier molecular flexibility index (Phi) is 5.00. The fourth-order valence-electron chi connectivity index (χ4n) is 3.42. The lowest BCUT2D eigenvalue weighted by atomic mass is 9.95. The molecule has 1 saturated heterocycles. The Balaban J connectivity index is 1.91. The molecule has 2 heterocycles. The largest absolute Gasteiger partial charge is 0.507 e. The highest BCUT2D eigenvalue weighted by Gasteiger charge is 2.47. The van der Waals surface area contributed by atoms with Crippen LogP contribution in [-0.4, -0.2) is 26.7 Å². The van der Waals surface area contributed by atoms with Crippen LogP contribution in [0.25, 0.3) is 5.76 Å². The Bertz CT molecular complexity index is 1210. The highest BCUT2D eigenvalue weighted by atomic mass is 19.1. The molecular weight excluding hydrogens is 405 g/mol. The molecule has 9 heteroatoms. The van der Waals surface area contributed by atoms with Gasteiger partial charge >= 0.3 is 5.91 Å². The lowest BCUT2D eigenvalue weighted by Crippen LogP contribution is -2.30. The number of aliphatic hydroxyl groups excluding tert-OH is 1. The van der Waals surface area contributed by atoms with Crippen LogP contribution in [0.5, 0.6) is 0 Å². The highest BCUT2D eigenvalue weighted by molar-refractivity contribution is 6.51. The molecule has 8 nitrogen and oxygen atoms in total. The quantitative estimate of drug-likeness (QED) is 0.226. The summed E-state index contributed by atoms with van der Waals surface area (Å²) in [4.78, 5) is 41.3. The number of anilines is 1. The number of benzene rings is 2. The number of rotatable bonds is 4. The standard InChI is InChI=1S/C22H14FN3O5/c23-15-8-4-13(5-9-15)19-18(20(27)14-6-10-16(11-7-14)26(30)31)21(28)22(29)25(19)17-3-1-2-12-24-17/h1-12,19,27H/b20-18+/t19-/m1/s1. The number of Topliss-reactive ketones (excluding diaryl/α,β-unsaturated/α-hetero) is 1. The number of pyridine rings is 1. The summed E-state index contributed by atoms with van der Waals surface area (Å²) in [6, 6.07) is 13.8. The van der Waals surface area contributed by atoms with Gasteiger partial charge in [0.05, 0.1) is 16.5 Å². The average molecular weight is 419 g/mol. The Hall–Kier alpha value is -4.40. The number of nitro benzene ring substituents is 1. The number of carbonyl (C=O) groups excluding carboxylic acids is 2. The van der Waals surface area contributed by atoms with Crippen LogP contribution in [0.3, 0.4) is 0 Å². The van der Waals surface area contributed by atoms with Crippen molar-refractivity contribution in [3.8, 4) is 0 Å². The first kappa shape index (κ1) is 19.9. The summed E-state index contributed by atoms with van der Waals surface area (Å²) in [5.74, 6) is -2.68. The molecule has 3 aromatic rings. The van der Waals surface area contributed by atoms with Crippen LogP contribution in [0.2, 0.25) is 0 Å². The van der Waals surface area contributed by atoms with Gasteiger partial charge in [0.1, 0.15) is 17.4 Å². The molecule has 154 valence electrons. The third kappa shape index (κ3) is 3.52. The maximum Gasteiger partial charge on any atom is 0.301 e. The molecule has 1 N–H and O–H groups in total. The first-order valence-corrected chi connectivity index (χ1v) is 9.11. The van der Waals surface area contributed by atoms with E-state index in [0.29, 0.717) is 5.56 Å². The molecule has 1 amide bonds. The number of nitrogens with zero attached hydrogens (tertiary/aromatic N) is 3. The average Bonchev–Trinajstić information content (AvgIpc) is 3.05. The molecule has 1 atom stereocenters. The zero-order valence-corrected chi connectivity index (χ0v) is 15.8. The van der Waals surface area contributed by atoms with E-state index in [1.165, 1.54) is 60.8 Å². The summed E-state index contributed by atoms with van der Waals surface area (Å²) in [6.07, 6.45) is 1.45. The predicted molar refractivity (Wildman–Crippen MR) is 109 cm³/mol. The molecule has 2 aromatic carbocycles. The van der Waals surface area contributed by atoms with Crippen LogP contribution < -0.4 is 4.90 Å². The Morgan fingerprint density at radius 2 is 1.71 bits per heavy atom. The van der Waals surface area contributed by atoms with E-state index >= 15 is 0 Å². The second kappa shape index (κ2) is 7.79. The van der Waals surface area contributed by atoms with Crippen molar-refractivity contribution in [3.05, 3.63) is 106 Å². The van der Waals surface area contributed by atoms with E-state index in [-0.39, 0.29) is 22.6 Å². The summed E-state index contributed by atoms with van der Waals surface area (Å²) in [5, 5.41) is 21.8. The van der Waals surface area contributed by atoms with Crippen LogP contribution in [0.1, 0.15) is 17.2 Å². The number of amides is 1. The topological polar surface area (TPSA) is 114 Å². The Morgan fingerprint density at radius 3 is 2.29 bits per heavy atom. The number of halogens is 1. The molecule has 4 rings (SSSR count). The molecule has 0 aliphatic carbocycles. The van der Waals surface area contributed by atoms with Gasteiger partial charge in [-0.1, -0.05) is 18.2 Å². The minimum absolute atomic E-state index is 0.122. The zero-order chi connectivity index (χ0) is 22.1. The molecule has 0 saturated carbocycles. The van der Waals surface area contributed by atoms with Gasteiger partial charge in [0.2, 0.25) is 0 Å². The zero-order valence-electron chi connectivity index (χ0n) is 15.8. The second-order valence-electron chi connectivity index (χ2n) is 6.71. The first-order chi connectivity index (χ1) is 14.9. The number of aliphatic hydroxyl groups is 1. The predicted octanol–water partition coefficient (Wildman–Crippen LogP) is 3.76. The van der Waals surface area contributed by atoms with Gasteiger partial charge in [0.25, 0.3) is 11.5 Å². The molecule has 1 fully saturated rings. The van der Waals surface area contributed by atoms with Crippen LogP contribution in [-0.2, 0) is 9.59 Å². The van der Waals surface area contributed by atoms with E-state index in [0.717, 1.165) is 4.90 Å². The Morgan fingerprint density at radius 1 is 1.03 bits per heavy atom. The van der Waals surface area contributed by atoms with Gasteiger partial charge in [-0.2, -0.15) is 0 Å². The number of carbonyl (C=O) groups is 2. The van der Waals surface area contributed by atoms with Crippen LogP contribution in [0.4, 0.5) is 15.9 Å². The monoisotopic (exact) mass is 419 g/mol. The summed E-state index contributed by atoms with van der Waals surface area (Å²) in [7, 11) is 0. The minimum atomic E-state index is -1.06. The van der Waals surface area contributed by atoms with Crippen molar-refractivity contribution in [1.29, 1.82) is 0 Å². The van der Waals surface area contributed by atoms with E-state index in [4.69, 9.17) is 0 Å². The Labute approximate surface area is 175 Å². The molecule has 0 radical (unpaired) electrons. The van der Waals surface area contributed by atoms with Gasteiger partial charge in [-0.25, -0.2) is 9.37 Å². The van der Waals surface area contributed by atoms with Crippen molar-refractivity contribution in [3.63, 3.8) is 0 Å². The second-order valence-corrected chi connectivity index (χ2v) is 6.71. The van der Waals surface area contributed by atoms with E-state index in [9.17, 15) is 29.2 Å². The van der Waals surface area contributed by atoms with E-state index in [1.807, 2.05) is 0 Å². The number of nitro groups is 1. The summed E-state index contributed by atoms with van der Waals surface area (Å²) < 4.78 is 13.5. The van der Waals surface area contributed by atoms with Gasteiger partial charge in [-0.3, -0.25) is 24.6 Å². The fraction of sp³-hybridized carbons (Fsp3) is 0.0455. The molecule has 0 unspecified atom stereocenters. The lowest BCUT2D eigenvalue weighted by molar-refractivity contribution is -0.384. The summed E-state index contributed by atoms with van der Waals surface area (Å²) >= 11 is 0. The molecule has 0 spiro atoms. The number of hydrogen-bond acceptors (Lipinski definition) is 6. The number of aromatic nitrogens is 1. The number of non-ortho nitro benzene ring substituents is 1. The summed E-state index contributed by atoms with van der Waals surface area (Å²) in [6.45, 7) is 0. The van der Waals surface area contributed by atoms with Crippen molar-refractivity contribution in [1.82, 2.24) is 4.98 Å². The minimum Gasteiger partial charge on any atom is -0.507 e. The van der Waals surface area contributed by atoms with E-state index < -0.39 is 34.2 Å². The molecule has 1 aliphatic rings. The third-order valence-corrected chi connectivity index (χ3v) is 4.88. The van der Waals surface area contributed by atoms with Crippen LogP contribution >= 0.6 is 0 Å². The van der Waals surface area contributed by atoms with Crippen molar-refractivity contribution < 1.29 is 24.0 Å². The van der Waals surface area contributed by atoms with Crippen molar-refractivity contribution in [2.24, 2.45) is 0 Å². The van der Waals surface area contributed by atoms with Crippen molar-refractivity contribution in [2.45, 2.75) is 6.04 Å². The molecule has 1 aliphatic heterocycles. The molecule has 31 heavy (non-hydrogen) atoms. The molecule has 0 bridgehead atoms. The third-order valence-electron chi connectivity index (χ3n) is 4.88. The van der Waals surface area contributed by atoms with Crippen LogP contribution in [0.15, 0.2) is 78.5 Å². The number of ketones is 1. The van der Waals surface area contributed by atoms with Crippen LogP contribution in [0, 0.1) is 15.9 Å². The fourth-order valence-corrected chi connectivity index (χ4v) is 3.42. The maximum atomic E-state index is 13.5. The van der Waals surface area contributed by atoms with Crippen molar-refractivity contribution in [2.75, 3.05) is 4.90 Å². The first-order valence-electron chi connectivity index (χ1n) is 9.11. The van der Waals surface area contributed by atoms with Gasteiger partial charge in [-0.15, -0.1) is 0 Å². The number of hydrogen-bond donors (Lipinski definition) is 1. The van der Waals surface area contributed by atoms with Gasteiger partial charge < -0.3 is 5.11 Å². The van der Waals surface area contributed by atoms with Crippen molar-refractivity contribution >= 4 is 29.0 Å². The van der Waals surface area contributed by atoms with Gasteiger partial charge in [0, 0.05) is 23.9 Å². The summed E-state index contributed by atoms with van der Waals surface area (Å²) in [5.41, 5.74) is 0.0862. The molecular formula is C22H14FN3O5. The van der Waals surface area contributed by atoms with E-state index in [1.54, 1.807) is 12.1 Å². The van der Waals surface area contributed by atoms with Gasteiger partial charge in [-0.05, 0) is 42.0 Å². The molecule has 1 aromatic heterocycles. The maximum absolute atomic E-state index is 13.5. The van der Waals surface area contributed by atoms with Gasteiger partial charge in [0.15, 0.2) is 0 Å². The lowest BCUT2D eigenvalue weighted by Gasteiger charge is -2.24.